The first-order valence-corrected chi connectivity index (χ1v) is 7.38. The van der Waals surface area contributed by atoms with Gasteiger partial charge in [-0.1, -0.05) is 42.5 Å². The normalized spacial score (nSPS) is 10.7. The number of ether oxygens (including phenoxy) is 1. The molecule has 4 heteroatoms. The van der Waals surface area contributed by atoms with Crippen LogP contribution in [-0.2, 0) is 6.54 Å². The number of fused-ring (bicyclic) bond motifs is 3. The van der Waals surface area contributed by atoms with Gasteiger partial charge in [0.2, 0.25) is 5.75 Å². The molecule has 0 aliphatic rings. The van der Waals surface area contributed by atoms with Crippen molar-refractivity contribution >= 4 is 16.7 Å². The van der Waals surface area contributed by atoms with Gasteiger partial charge in [-0.25, -0.2) is 4.57 Å². The summed E-state index contributed by atoms with van der Waals surface area (Å²) in [6, 6.07) is 23.0. The van der Waals surface area contributed by atoms with Gasteiger partial charge in [-0.3, -0.25) is 0 Å². The molecule has 0 saturated carbocycles. The van der Waals surface area contributed by atoms with Gasteiger partial charge in [0.25, 0.3) is 0 Å². The molecule has 0 spiro atoms. The molecule has 0 radical (unpaired) electrons. The average molecular weight is 416 g/mol. The van der Waals surface area contributed by atoms with Gasteiger partial charge in [0, 0.05) is 0 Å². The van der Waals surface area contributed by atoms with E-state index >= 15 is 0 Å². The Morgan fingerprint density at radius 1 is 0.913 bits per heavy atom. The van der Waals surface area contributed by atoms with E-state index in [-0.39, 0.29) is 24.0 Å². The fourth-order valence-electron chi connectivity index (χ4n) is 3.03. The summed E-state index contributed by atoms with van der Waals surface area (Å²) >= 11 is 0. The van der Waals surface area contributed by atoms with Crippen LogP contribution in [0.15, 0.2) is 72.9 Å². The number of benzene rings is 2. The fraction of sp³-hybridized carbons (Fsp3) is 0.105. The predicted molar refractivity (Wildman–Crippen MR) is 87.2 cm³/mol. The third kappa shape index (κ3) is 2.67. The van der Waals surface area contributed by atoms with Crippen molar-refractivity contribution in [1.29, 1.82) is 0 Å². The molecular weight excluding hydrogens is 399 g/mol. The second-order valence-corrected chi connectivity index (χ2v) is 5.33. The molecule has 4 aromatic rings. The largest absolute Gasteiger partial charge is 1.00 e. The topological polar surface area (TPSA) is 17.5 Å². The van der Waals surface area contributed by atoms with Gasteiger partial charge in [-0.15, -0.1) is 0 Å². The van der Waals surface area contributed by atoms with Crippen LogP contribution in [0.5, 0.6) is 5.75 Å². The van der Waals surface area contributed by atoms with E-state index in [1.807, 2.05) is 18.2 Å². The van der Waals surface area contributed by atoms with Crippen LogP contribution >= 0.6 is 0 Å². The molecule has 116 valence electrons. The zero-order chi connectivity index (χ0) is 14.9. The lowest BCUT2D eigenvalue weighted by atomic mass is 10.2. The lowest BCUT2D eigenvalue weighted by Crippen LogP contribution is -3.00. The van der Waals surface area contributed by atoms with Crippen LogP contribution in [0, 0.1) is 0 Å². The minimum atomic E-state index is 0. The average Bonchev–Trinajstić information content (AvgIpc) is 2.90. The minimum absolute atomic E-state index is 0. The Morgan fingerprint density at radius 2 is 1.65 bits per heavy atom. The number of hydrogen-bond acceptors (Lipinski definition) is 1. The van der Waals surface area contributed by atoms with Crippen LogP contribution in [0.25, 0.3) is 16.7 Å². The Balaban J connectivity index is 0.00000156. The standard InChI is InChI=1S/C19H17N2O.HI/c1-22-18-12-7-13-20-16-10-5-6-11-17(16)21(19(18)20)14-15-8-3-2-4-9-15;/h2-13H,14H2,1H3;1H/q+1;/p-1. The van der Waals surface area contributed by atoms with Crippen molar-refractivity contribution < 1.29 is 33.3 Å². The maximum atomic E-state index is 5.59. The first-order chi connectivity index (χ1) is 10.9. The summed E-state index contributed by atoms with van der Waals surface area (Å²) < 4.78 is 10.1. The van der Waals surface area contributed by atoms with E-state index in [4.69, 9.17) is 4.74 Å². The van der Waals surface area contributed by atoms with Crippen molar-refractivity contribution in [2.24, 2.45) is 0 Å². The van der Waals surface area contributed by atoms with Gasteiger partial charge in [-0.2, -0.15) is 4.40 Å². The number of methoxy groups -OCH3 is 1. The van der Waals surface area contributed by atoms with Crippen LogP contribution in [0.2, 0.25) is 0 Å². The number of nitrogens with zero attached hydrogens (tertiary/aromatic N) is 2. The van der Waals surface area contributed by atoms with Crippen molar-refractivity contribution in [3.05, 3.63) is 78.5 Å². The second-order valence-electron chi connectivity index (χ2n) is 5.33. The first-order valence-electron chi connectivity index (χ1n) is 7.38. The summed E-state index contributed by atoms with van der Waals surface area (Å²) in [6.07, 6.45) is 2.08. The van der Waals surface area contributed by atoms with Gasteiger partial charge < -0.3 is 28.7 Å². The number of hydrogen-bond donors (Lipinski definition) is 0. The highest BCUT2D eigenvalue weighted by Crippen LogP contribution is 2.22. The molecule has 0 fully saturated rings. The Kier molecular flexibility index (Phi) is 4.52. The highest BCUT2D eigenvalue weighted by Gasteiger charge is 2.22. The van der Waals surface area contributed by atoms with Crippen LogP contribution in [0.3, 0.4) is 0 Å². The van der Waals surface area contributed by atoms with E-state index in [1.54, 1.807) is 7.11 Å². The maximum absolute atomic E-state index is 5.59. The molecule has 23 heavy (non-hydrogen) atoms. The molecule has 3 nitrogen and oxygen atoms in total. The predicted octanol–water partition coefficient (Wildman–Crippen LogP) is 0.441. The molecule has 2 aromatic carbocycles. The molecule has 2 aromatic heterocycles. The minimum Gasteiger partial charge on any atom is -1.00 e. The molecule has 0 bridgehead atoms. The van der Waals surface area contributed by atoms with Gasteiger partial charge in [0.05, 0.1) is 13.3 Å². The number of para-hydroxylation sites is 2. The van der Waals surface area contributed by atoms with Gasteiger partial charge in [0.15, 0.2) is 11.0 Å². The molecule has 0 saturated heterocycles. The third-order valence-corrected chi connectivity index (χ3v) is 4.02. The Morgan fingerprint density at radius 3 is 2.43 bits per heavy atom. The van der Waals surface area contributed by atoms with Gasteiger partial charge >= 0.3 is 5.65 Å². The van der Waals surface area contributed by atoms with Crippen molar-refractivity contribution in [3.63, 3.8) is 0 Å². The van der Waals surface area contributed by atoms with Crippen molar-refractivity contribution in [3.8, 4) is 5.75 Å². The molecule has 0 aliphatic carbocycles. The summed E-state index contributed by atoms with van der Waals surface area (Å²) in [6.45, 7) is 0.818. The SMILES string of the molecule is COc1cccn2c3ccccc3[n+](Cc3ccccc3)c12.[I-]. The van der Waals surface area contributed by atoms with E-state index in [1.165, 1.54) is 16.6 Å². The number of imidazole rings is 1. The quantitative estimate of drug-likeness (QED) is 0.350. The van der Waals surface area contributed by atoms with Crippen LogP contribution in [0.1, 0.15) is 5.56 Å². The summed E-state index contributed by atoms with van der Waals surface area (Å²) in [5, 5.41) is 0. The molecule has 0 unspecified atom stereocenters. The molecule has 0 N–H and O–H groups in total. The van der Waals surface area contributed by atoms with Crippen LogP contribution in [-0.4, -0.2) is 11.5 Å². The molecule has 2 heterocycles. The summed E-state index contributed by atoms with van der Waals surface area (Å²) in [5.74, 6) is 0.884. The third-order valence-electron chi connectivity index (χ3n) is 4.02. The highest BCUT2D eigenvalue weighted by molar-refractivity contribution is 5.77. The van der Waals surface area contributed by atoms with E-state index in [9.17, 15) is 0 Å². The smallest absolute Gasteiger partial charge is 0.330 e. The Bertz CT molecular complexity index is 948. The maximum Gasteiger partial charge on any atom is 0.330 e. The van der Waals surface area contributed by atoms with Crippen molar-refractivity contribution in [1.82, 2.24) is 4.40 Å². The summed E-state index contributed by atoms with van der Waals surface area (Å²) in [4.78, 5) is 0. The number of pyridine rings is 1. The monoisotopic (exact) mass is 416 g/mol. The first kappa shape index (κ1) is 15.8. The van der Waals surface area contributed by atoms with E-state index < -0.39 is 0 Å². The fourth-order valence-corrected chi connectivity index (χ4v) is 3.03. The highest BCUT2D eigenvalue weighted by atomic mass is 127. The summed E-state index contributed by atoms with van der Waals surface area (Å²) in [7, 11) is 1.72. The molecule has 4 rings (SSSR count). The van der Waals surface area contributed by atoms with Gasteiger partial charge in [-0.05, 0) is 29.8 Å². The Labute approximate surface area is 152 Å². The Hall–Kier alpha value is -2.08. The molecule has 0 amide bonds. The number of rotatable bonds is 3. The number of aromatic nitrogens is 2. The molecular formula is C19H17IN2O. The van der Waals surface area contributed by atoms with E-state index in [2.05, 4.69) is 63.7 Å². The lowest BCUT2D eigenvalue weighted by molar-refractivity contribution is -0.636. The van der Waals surface area contributed by atoms with E-state index in [0.29, 0.717) is 0 Å². The number of halogens is 1. The molecule has 0 atom stereocenters. The zero-order valence-corrected chi connectivity index (χ0v) is 15.0. The van der Waals surface area contributed by atoms with Crippen LogP contribution in [0.4, 0.5) is 0 Å². The van der Waals surface area contributed by atoms with Crippen LogP contribution < -0.4 is 33.3 Å². The molecule has 0 aliphatic heterocycles. The van der Waals surface area contributed by atoms with Crippen molar-refractivity contribution in [2.75, 3.05) is 7.11 Å². The van der Waals surface area contributed by atoms with E-state index in [0.717, 1.165) is 17.9 Å². The van der Waals surface area contributed by atoms with Crippen molar-refractivity contribution in [2.45, 2.75) is 6.54 Å². The van der Waals surface area contributed by atoms with Gasteiger partial charge in [0.1, 0.15) is 6.54 Å². The zero-order valence-electron chi connectivity index (χ0n) is 12.8. The summed E-state index contributed by atoms with van der Waals surface area (Å²) in [5.41, 5.74) is 4.75. The lowest BCUT2D eigenvalue weighted by Gasteiger charge is -2.03. The second kappa shape index (κ2) is 6.58.